The van der Waals surface area contributed by atoms with Gasteiger partial charge in [0.2, 0.25) is 5.91 Å². The van der Waals surface area contributed by atoms with E-state index in [-0.39, 0.29) is 11.8 Å². The van der Waals surface area contributed by atoms with Crippen LogP contribution in [0.25, 0.3) is 0 Å². The lowest BCUT2D eigenvalue weighted by molar-refractivity contribution is -0.124. The van der Waals surface area contributed by atoms with Gasteiger partial charge >= 0.3 is 0 Å². The van der Waals surface area contributed by atoms with E-state index >= 15 is 0 Å². The smallest absolute Gasteiger partial charge is 0.224 e. The summed E-state index contributed by atoms with van der Waals surface area (Å²) in [5, 5.41) is 2.88. The second-order valence-corrected chi connectivity index (χ2v) is 4.82. The molecule has 0 heterocycles. The Labute approximate surface area is 126 Å². The molecule has 5 nitrogen and oxygen atoms in total. The van der Waals surface area contributed by atoms with E-state index in [2.05, 4.69) is 5.32 Å². The molecule has 0 aliphatic rings. The normalized spacial score (nSPS) is 11.8. The Morgan fingerprint density at radius 2 is 1.90 bits per heavy atom. The maximum Gasteiger partial charge on any atom is 0.224 e. The van der Waals surface area contributed by atoms with Gasteiger partial charge in [0.1, 0.15) is 0 Å². The first-order valence-electron chi connectivity index (χ1n) is 7.48. The Morgan fingerprint density at radius 1 is 1.24 bits per heavy atom. The highest BCUT2D eigenvalue weighted by Gasteiger charge is 2.10. The van der Waals surface area contributed by atoms with Gasteiger partial charge < -0.3 is 20.5 Å². The number of benzene rings is 1. The lowest BCUT2D eigenvalue weighted by Crippen LogP contribution is -2.34. The molecule has 1 aromatic rings. The lowest BCUT2D eigenvalue weighted by Gasteiger charge is -2.13. The van der Waals surface area contributed by atoms with Gasteiger partial charge in [0.15, 0.2) is 11.5 Å². The topological polar surface area (TPSA) is 73.6 Å². The molecule has 1 aromatic carbocycles. The van der Waals surface area contributed by atoms with Crippen LogP contribution in [0.4, 0.5) is 0 Å². The molecule has 0 radical (unpaired) electrons. The summed E-state index contributed by atoms with van der Waals surface area (Å²) in [5.41, 5.74) is 6.56. The number of nitrogens with two attached hydrogens (primary N) is 1. The van der Waals surface area contributed by atoms with Gasteiger partial charge in [0, 0.05) is 19.0 Å². The van der Waals surface area contributed by atoms with Crippen LogP contribution in [0.1, 0.15) is 26.3 Å². The SMILES string of the molecule is CCOc1ccc(CCNC(=O)C(C)CN)cc1OCC. The van der Waals surface area contributed by atoms with Crippen molar-refractivity contribution in [3.05, 3.63) is 23.8 Å². The fraction of sp³-hybridized carbons (Fsp3) is 0.562. The number of rotatable bonds is 9. The number of carbonyl (C=O) groups excluding carboxylic acids is 1. The van der Waals surface area contributed by atoms with Crippen LogP contribution in [0, 0.1) is 5.92 Å². The molecule has 0 aliphatic heterocycles. The zero-order valence-corrected chi connectivity index (χ0v) is 13.1. The van der Waals surface area contributed by atoms with Gasteiger partial charge in [-0.05, 0) is 38.0 Å². The third-order valence-electron chi connectivity index (χ3n) is 3.12. The van der Waals surface area contributed by atoms with Gasteiger partial charge in [-0.25, -0.2) is 0 Å². The van der Waals surface area contributed by atoms with Gasteiger partial charge in [0.25, 0.3) is 0 Å². The van der Waals surface area contributed by atoms with Crippen molar-refractivity contribution >= 4 is 5.91 Å². The Kier molecular flexibility index (Phi) is 7.61. The highest BCUT2D eigenvalue weighted by molar-refractivity contribution is 5.78. The highest BCUT2D eigenvalue weighted by atomic mass is 16.5. The Balaban J connectivity index is 2.59. The second-order valence-electron chi connectivity index (χ2n) is 4.82. The fourth-order valence-electron chi connectivity index (χ4n) is 1.86. The summed E-state index contributed by atoms with van der Waals surface area (Å²) in [5.74, 6) is 1.35. The monoisotopic (exact) mass is 294 g/mol. The highest BCUT2D eigenvalue weighted by Crippen LogP contribution is 2.28. The van der Waals surface area contributed by atoms with E-state index in [0.29, 0.717) is 26.3 Å². The number of carbonyl (C=O) groups is 1. The third kappa shape index (κ3) is 5.63. The van der Waals surface area contributed by atoms with Crippen LogP contribution < -0.4 is 20.5 Å². The summed E-state index contributed by atoms with van der Waals surface area (Å²) in [7, 11) is 0. The van der Waals surface area contributed by atoms with E-state index in [1.165, 1.54) is 0 Å². The summed E-state index contributed by atoms with van der Waals surface area (Å²) in [6.07, 6.45) is 0.746. The molecule has 1 rings (SSSR count). The predicted octanol–water partition coefficient (Wildman–Crippen LogP) is 1.74. The standard InChI is InChI=1S/C16H26N2O3/c1-4-20-14-7-6-13(10-15(14)21-5-2)8-9-18-16(19)12(3)11-17/h6-7,10,12H,4-5,8-9,11,17H2,1-3H3,(H,18,19). The molecule has 1 unspecified atom stereocenters. The summed E-state index contributed by atoms with van der Waals surface area (Å²) in [6, 6.07) is 5.87. The number of hydrogen-bond donors (Lipinski definition) is 2. The minimum Gasteiger partial charge on any atom is -0.490 e. The largest absolute Gasteiger partial charge is 0.490 e. The molecule has 0 aliphatic carbocycles. The van der Waals surface area contributed by atoms with Crippen molar-refractivity contribution in [2.45, 2.75) is 27.2 Å². The van der Waals surface area contributed by atoms with Crippen LogP contribution >= 0.6 is 0 Å². The van der Waals surface area contributed by atoms with Gasteiger partial charge in [-0.3, -0.25) is 4.79 Å². The van der Waals surface area contributed by atoms with Crippen LogP contribution in [-0.4, -0.2) is 32.2 Å². The van der Waals surface area contributed by atoms with Crippen molar-refractivity contribution in [1.82, 2.24) is 5.32 Å². The van der Waals surface area contributed by atoms with E-state index in [1.54, 1.807) is 0 Å². The Hall–Kier alpha value is -1.75. The molecule has 1 atom stereocenters. The molecular formula is C16H26N2O3. The molecule has 0 saturated heterocycles. The molecule has 1 amide bonds. The third-order valence-corrected chi connectivity index (χ3v) is 3.12. The van der Waals surface area contributed by atoms with Crippen molar-refractivity contribution in [1.29, 1.82) is 0 Å². The first-order valence-corrected chi connectivity index (χ1v) is 7.48. The Bertz CT molecular complexity index is 449. The predicted molar refractivity (Wildman–Crippen MR) is 83.7 cm³/mol. The molecule has 0 aromatic heterocycles. The minimum absolute atomic E-state index is 0.00605. The van der Waals surface area contributed by atoms with Crippen LogP contribution in [0.5, 0.6) is 11.5 Å². The summed E-state index contributed by atoms with van der Waals surface area (Å²) in [6.45, 7) is 7.85. The van der Waals surface area contributed by atoms with Crippen molar-refractivity contribution in [2.24, 2.45) is 11.7 Å². The average Bonchev–Trinajstić information content (AvgIpc) is 2.49. The maximum absolute atomic E-state index is 11.6. The van der Waals surface area contributed by atoms with Crippen LogP contribution in [-0.2, 0) is 11.2 Å². The van der Waals surface area contributed by atoms with Crippen molar-refractivity contribution in [2.75, 3.05) is 26.3 Å². The number of hydrogen-bond acceptors (Lipinski definition) is 4. The average molecular weight is 294 g/mol. The van der Waals surface area contributed by atoms with Gasteiger partial charge in [0.05, 0.1) is 13.2 Å². The zero-order valence-electron chi connectivity index (χ0n) is 13.1. The molecule has 21 heavy (non-hydrogen) atoms. The zero-order chi connectivity index (χ0) is 15.7. The van der Waals surface area contributed by atoms with Crippen molar-refractivity contribution in [3.63, 3.8) is 0 Å². The van der Waals surface area contributed by atoms with Gasteiger partial charge in [-0.2, -0.15) is 0 Å². The summed E-state index contributed by atoms with van der Waals surface area (Å²) in [4.78, 5) is 11.6. The van der Waals surface area contributed by atoms with E-state index < -0.39 is 0 Å². The molecule has 0 spiro atoms. The number of nitrogens with one attached hydrogen (secondary N) is 1. The molecule has 5 heteroatoms. The molecule has 3 N–H and O–H groups in total. The number of amides is 1. The van der Waals surface area contributed by atoms with Crippen LogP contribution in [0.3, 0.4) is 0 Å². The van der Waals surface area contributed by atoms with Crippen LogP contribution in [0.2, 0.25) is 0 Å². The van der Waals surface area contributed by atoms with E-state index in [9.17, 15) is 4.79 Å². The van der Waals surface area contributed by atoms with E-state index in [0.717, 1.165) is 23.5 Å². The van der Waals surface area contributed by atoms with E-state index in [4.69, 9.17) is 15.2 Å². The number of ether oxygens (including phenoxy) is 2. The fourth-order valence-corrected chi connectivity index (χ4v) is 1.86. The molecule has 0 saturated carbocycles. The van der Waals surface area contributed by atoms with Crippen molar-refractivity contribution in [3.8, 4) is 11.5 Å². The van der Waals surface area contributed by atoms with E-state index in [1.807, 2.05) is 39.0 Å². The molecule has 0 bridgehead atoms. The van der Waals surface area contributed by atoms with Crippen LogP contribution in [0.15, 0.2) is 18.2 Å². The van der Waals surface area contributed by atoms with Gasteiger partial charge in [-0.1, -0.05) is 13.0 Å². The summed E-state index contributed by atoms with van der Waals surface area (Å²) < 4.78 is 11.1. The first-order chi connectivity index (χ1) is 10.1. The maximum atomic E-state index is 11.6. The first kappa shape index (κ1) is 17.3. The summed E-state index contributed by atoms with van der Waals surface area (Å²) >= 11 is 0. The Morgan fingerprint density at radius 3 is 2.52 bits per heavy atom. The van der Waals surface area contributed by atoms with Crippen molar-refractivity contribution < 1.29 is 14.3 Å². The minimum atomic E-state index is -0.149. The van der Waals surface area contributed by atoms with Gasteiger partial charge in [-0.15, -0.1) is 0 Å². The quantitative estimate of drug-likeness (QED) is 0.727. The molecular weight excluding hydrogens is 268 g/mol. The molecule has 0 fully saturated rings. The second kappa shape index (κ2) is 9.23. The lowest BCUT2D eigenvalue weighted by atomic mass is 10.1. The molecule has 118 valence electrons.